The van der Waals surface area contributed by atoms with Gasteiger partial charge >= 0.3 is 0 Å². The number of para-hydroxylation sites is 5. The van der Waals surface area contributed by atoms with Gasteiger partial charge in [0, 0.05) is 45.0 Å². The zero-order valence-electron chi connectivity index (χ0n) is 32.6. The van der Waals surface area contributed by atoms with Crippen LogP contribution in [0.4, 0.5) is 34.1 Å². The molecular weight excluding hydrogens is 721 g/mol. The van der Waals surface area contributed by atoms with Gasteiger partial charge < -0.3 is 19.0 Å². The summed E-state index contributed by atoms with van der Waals surface area (Å²) in [5.41, 5.74) is 15.2. The molecule has 0 bridgehead atoms. The molecule has 282 valence electrons. The summed E-state index contributed by atoms with van der Waals surface area (Å²) in [5.74, 6) is 1.17. The Labute approximate surface area is 344 Å². The minimum atomic E-state index is 0.0149. The number of nitrogens with zero attached hydrogens (tertiary/aromatic N) is 2. The first-order chi connectivity index (χ1) is 29.2. The van der Waals surface area contributed by atoms with Gasteiger partial charge in [-0.2, -0.15) is 0 Å². The van der Waals surface area contributed by atoms with E-state index in [-0.39, 0.29) is 12.0 Å². The predicted octanol–water partition coefficient (Wildman–Crippen LogP) is 15.1. The maximum absolute atomic E-state index is 6.66. The number of hydrogen-bond acceptors (Lipinski definition) is 4. The Morgan fingerprint density at radius 2 is 1.05 bits per heavy atom. The molecule has 0 fully saturated rings. The van der Waals surface area contributed by atoms with Gasteiger partial charge in [-0.1, -0.05) is 133 Å². The van der Waals surface area contributed by atoms with Crippen molar-refractivity contribution in [1.82, 2.24) is 0 Å². The van der Waals surface area contributed by atoms with Gasteiger partial charge in [0.25, 0.3) is 0 Å². The Kier molecular flexibility index (Phi) is 8.48. The zero-order chi connectivity index (χ0) is 39.3. The number of anilines is 6. The Morgan fingerprint density at radius 1 is 0.441 bits per heavy atom. The Balaban J connectivity index is 0.930. The second-order valence-electron chi connectivity index (χ2n) is 15.3. The van der Waals surface area contributed by atoms with Crippen molar-refractivity contribution in [3.63, 3.8) is 0 Å². The third-order valence-electron chi connectivity index (χ3n) is 11.7. The van der Waals surface area contributed by atoms with Crippen LogP contribution in [0.3, 0.4) is 0 Å². The summed E-state index contributed by atoms with van der Waals surface area (Å²) in [6.45, 7) is 2.21. The average molecular weight is 761 g/mol. The van der Waals surface area contributed by atoms with Crippen LogP contribution in [0.2, 0.25) is 0 Å². The molecule has 11 rings (SSSR count). The van der Waals surface area contributed by atoms with Crippen molar-refractivity contribution in [1.29, 1.82) is 0 Å². The van der Waals surface area contributed by atoms with Gasteiger partial charge in [0.15, 0.2) is 5.58 Å². The standard InChI is InChI=1S/C55H40N2O2/c1-37-35-41(31-34-49(37)57(43-19-6-3-7-20-43)51-26-14-24-48-46-22-9-11-28-53(46)59-55(48)51)40-16-12-15-39(36-40)38-29-32-44(33-30-38)56(42-17-4-2-5-18-42)50-25-13-23-47-45-21-8-10-27-52(45)58-54(47)50/h2-36,46,53H,1H3/t46?,53-/m0/s1. The molecule has 0 saturated heterocycles. The molecule has 0 N–H and O–H groups in total. The lowest BCUT2D eigenvalue weighted by atomic mass is 9.91. The first-order valence-corrected chi connectivity index (χ1v) is 20.2. The molecule has 2 aliphatic rings. The predicted molar refractivity (Wildman–Crippen MR) is 244 cm³/mol. The van der Waals surface area contributed by atoms with Crippen molar-refractivity contribution >= 4 is 56.1 Å². The van der Waals surface area contributed by atoms with Crippen LogP contribution in [0.15, 0.2) is 217 Å². The lowest BCUT2D eigenvalue weighted by molar-refractivity contribution is 0.269. The fourth-order valence-electron chi connectivity index (χ4n) is 8.89. The molecule has 9 aromatic rings. The lowest BCUT2D eigenvalue weighted by Gasteiger charge is -2.28. The van der Waals surface area contributed by atoms with Gasteiger partial charge in [0.1, 0.15) is 17.4 Å². The highest BCUT2D eigenvalue weighted by Crippen LogP contribution is 2.51. The number of allylic oxidation sites excluding steroid dienone is 2. The van der Waals surface area contributed by atoms with E-state index in [9.17, 15) is 0 Å². The topological polar surface area (TPSA) is 28.9 Å². The number of aryl methyl sites for hydroxylation is 1. The monoisotopic (exact) mass is 760 g/mol. The highest BCUT2D eigenvalue weighted by molar-refractivity contribution is 6.10. The van der Waals surface area contributed by atoms with Crippen molar-refractivity contribution in [3.8, 4) is 28.0 Å². The summed E-state index contributed by atoms with van der Waals surface area (Å²) < 4.78 is 13.2. The average Bonchev–Trinajstić information content (AvgIpc) is 3.88. The van der Waals surface area contributed by atoms with E-state index < -0.39 is 0 Å². The molecule has 1 aliphatic carbocycles. The molecule has 0 amide bonds. The van der Waals surface area contributed by atoms with Crippen LogP contribution in [0.25, 0.3) is 44.2 Å². The zero-order valence-corrected chi connectivity index (χ0v) is 32.6. The maximum atomic E-state index is 6.66. The Hall–Kier alpha value is -7.56. The molecule has 0 saturated carbocycles. The number of benzene rings is 8. The second kappa shape index (κ2) is 14.4. The van der Waals surface area contributed by atoms with Crippen LogP contribution in [0.5, 0.6) is 5.75 Å². The highest BCUT2D eigenvalue weighted by atomic mass is 16.5. The third-order valence-corrected chi connectivity index (χ3v) is 11.7. The summed E-state index contributed by atoms with van der Waals surface area (Å²) >= 11 is 0. The molecule has 4 nitrogen and oxygen atoms in total. The third kappa shape index (κ3) is 6.09. The van der Waals surface area contributed by atoms with E-state index >= 15 is 0 Å². The van der Waals surface area contributed by atoms with Gasteiger partial charge in [0.2, 0.25) is 0 Å². The van der Waals surface area contributed by atoms with Gasteiger partial charge in [-0.15, -0.1) is 0 Å². The van der Waals surface area contributed by atoms with Crippen LogP contribution in [0, 0.1) is 6.92 Å². The second-order valence-corrected chi connectivity index (χ2v) is 15.3. The van der Waals surface area contributed by atoms with Crippen LogP contribution >= 0.6 is 0 Å². The van der Waals surface area contributed by atoms with Crippen molar-refractivity contribution in [2.75, 3.05) is 9.80 Å². The van der Waals surface area contributed by atoms with Crippen LogP contribution in [0.1, 0.15) is 17.0 Å². The summed E-state index contributed by atoms with van der Waals surface area (Å²) in [6.07, 6.45) is 8.63. The Morgan fingerprint density at radius 3 is 1.85 bits per heavy atom. The SMILES string of the molecule is Cc1cc(-c2cccc(-c3ccc(N(c4ccccc4)c4cccc5c4oc4ccccc45)cc3)c2)ccc1N(c1ccccc1)c1cccc2c1O[C@H]1C=CC=CC21. The van der Waals surface area contributed by atoms with Crippen LogP contribution in [-0.4, -0.2) is 6.10 Å². The normalized spacial score (nSPS) is 15.2. The summed E-state index contributed by atoms with van der Waals surface area (Å²) in [7, 11) is 0. The first-order valence-electron chi connectivity index (χ1n) is 20.2. The van der Waals surface area contributed by atoms with E-state index in [0.717, 1.165) is 72.9 Å². The molecular formula is C55H40N2O2. The Bertz CT molecular complexity index is 3050. The van der Waals surface area contributed by atoms with Crippen molar-refractivity contribution < 1.29 is 9.15 Å². The van der Waals surface area contributed by atoms with Crippen molar-refractivity contribution in [2.24, 2.45) is 0 Å². The quantitative estimate of drug-likeness (QED) is 0.154. The van der Waals surface area contributed by atoms with Gasteiger partial charge in [-0.05, 0) is 114 Å². The molecule has 0 radical (unpaired) electrons. The first kappa shape index (κ1) is 34.7. The van der Waals surface area contributed by atoms with Crippen LogP contribution < -0.4 is 14.5 Å². The largest absolute Gasteiger partial charge is 0.483 e. The van der Waals surface area contributed by atoms with Crippen LogP contribution in [-0.2, 0) is 0 Å². The molecule has 0 spiro atoms. The molecule has 1 unspecified atom stereocenters. The summed E-state index contributed by atoms with van der Waals surface area (Å²) in [4.78, 5) is 4.62. The number of fused-ring (bicyclic) bond motifs is 6. The summed E-state index contributed by atoms with van der Waals surface area (Å²) in [6, 6.07) is 66.8. The van der Waals surface area contributed by atoms with E-state index in [1.54, 1.807) is 0 Å². The minimum absolute atomic E-state index is 0.0149. The molecule has 4 heteroatoms. The van der Waals surface area contributed by atoms with Gasteiger partial charge in [-0.3, -0.25) is 0 Å². The van der Waals surface area contributed by atoms with E-state index in [0.29, 0.717) is 0 Å². The van der Waals surface area contributed by atoms with E-state index in [1.165, 1.54) is 22.3 Å². The number of hydrogen-bond donors (Lipinski definition) is 0. The fourth-order valence-corrected chi connectivity index (χ4v) is 8.89. The van der Waals surface area contributed by atoms with E-state index in [1.807, 2.05) is 12.1 Å². The van der Waals surface area contributed by atoms with Gasteiger partial charge in [0.05, 0.1) is 11.4 Å². The number of rotatable bonds is 8. The lowest BCUT2D eigenvalue weighted by Crippen LogP contribution is -2.16. The van der Waals surface area contributed by atoms with Crippen molar-refractivity contribution in [2.45, 2.75) is 18.9 Å². The minimum Gasteiger partial charge on any atom is -0.483 e. The summed E-state index contributed by atoms with van der Waals surface area (Å²) in [5, 5.41) is 2.22. The molecule has 1 aliphatic heterocycles. The molecule has 2 atom stereocenters. The van der Waals surface area contributed by atoms with E-state index in [4.69, 9.17) is 9.15 Å². The molecule has 59 heavy (non-hydrogen) atoms. The number of furan rings is 1. The highest BCUT2D eigenvalue weighted by Gasteiger charge is 2.35. The fraction of sp³-hybridized carbons (Fsp3) is 0.0545. The smallest absolute Gasteiger partial charge is 0.159 e. The molecule has 1 aromatic heterocycles. The van der Waals surface area contributed by atoms with Crippen molar-refractivity contribution in [3.05, 3.63) is 223 Å². The number of ether oxygens (including phenoxy) is 1. The van der Waals surface area contributed by atoms with E-state index in [2.05, 4.69) is 217 Å². The maximum Gasteiger partial charge on any atom is 0.159 e. The molecule has 8 aromatic carbocycles. The van der Waals surface area contributed by atoms with Gasteiger partial charge in [-0.25, -0.2) is 0 Å². The molecule has 2 heterocycles.